The molecule has 0 fully saturated rings. The molecule has 2 aromatic carbocycles. The van der Waals surface area contributed by atoms with Gasteiger partial charge in [-0.05, 0) is 29.8 Å². The summed E-state index contributed by atoms with van der Waals surface area (Å²) in [5.74, 6) is -1.34. The normalized spacial score (nSPS) is 11.2. The van der Waals surface area contributed by atoms with Crippen LogP contribution in [0, 0.1) is 11.6 Å². The molecule has 0 aliphatic carbocycles. The number of benzene rings is 2. The standard InChI is InChI=1S/C15H11F2NOS/c16-11-5-9(8-19)6-12(17)15(11)20-14-7-10-3-1-2-4-13(10)18-14/h1-7,18-19H,8H2. The van der Waals surface area contributed by atoms with Gasteiger partial charge in [-0.3, -0.25) is 0 Å². The number of H-pyrrole nitrogens is 1. The van der Waals surface area contributed by atoms with E-state index in [1.165, 1.54) is 0 Å². The fourth-order valence-electron chi connectivity index (χ4n) is 2.01. The number of aromatic amines is 1. The Morgan fingerprint density at radius 2 is 1.75 bits per heavy atom. The molecule has 0 spiro atoms. The van der Waals surface area contributed by atoms with Gasteiger partial charge in [0.15, 0.2) is 0 Å². The first kappa shape index (κ1) is 13.1. The summed E-state index contributed by atoms with van der Waals surface area (Å²) in [6.45, 7) is -0.384. The molecule has 0 bridgehead atoms. The van der Waals surface area contributed by atoms with Crippen LogP contribution in [0.3, 0.4) is 0 Å². The van der Waals surface area contributed by atoms with Crippen LogP contribution in [-0.2, 0) is 6.61 Å². The number of aliphatic hydroxyl groups is 1. The van der Waals surface area contributed by atoms with E-state index >= 15 is 0 Å². The lowest BCUT2D eigenvalue weighted by molar-refractivity contribution is 0.280. The highest BCUT2D eigenvalue weighted by Crippen LogP contribution is 2.33. The zero-order valence-electron chi connectivity index (χ0n) is 10.4. The Bertz CT molecular complexity index is 713. The molecule has 2 nitrogen and oxygen atoms in total. The smallest absolute Gasteiger partial charge is 0.140 e. The zero-order chi connectivity index (χ0) is 14.1. The molecule has 0 saturated carbocycles. The summed E-state index contributed by atoms with van der Waals surface area (Å²) in [7, 11) is 0. The SMILES string of the molecule is OCc1cc(F)c(Sc2cc3ccccc3[nH]2)c(F)c1. The largest absolute Gasteiger partial charge is 0.392 e. The molecule has 0 radical (unpaired) electrons. The summed E-state index contributed by atoms with van der Waals surface area (Å²) >= 11 is 0.999. The van der Waals surface area contributed by atoms with E-state index in [1.807, 2.05) is 30.3 Å². The Labute approximate surface area is 118 Å². The number of hydrogen-bond donors (Lipinski definition) is 2. The second-order valence-corrected chi connectivity index (χ2v) is 5.42. The minimum atomic E-state index is -0.669. The van der Waals surface area contributed by atoms with Crippen molar-refractivity contribution in [3.63, 3.8) is 0 Å². The molecule has 0 amide bonds. The first-order valence-corrected chi connectivity index (χ1v) is 6.83. The maximum atomic E-state index is 13.9. The van der Waals surface area contributed by atoms with Gasteiger partial charge in [-0.1, -0.05) is 30.0 Å². The van der Waals surface area contributed by atoms with Crippen LogP contribution in [0.4, 0.5) is 8.78 Å². The molecule has 20 heavy (non-hydrogen) atoms. The van der Waals surface area contributed by atoms with E-state index in [4.69, 9.17) is 5.11 Å². The molecule has 0 aliphatic heterocycles. The van der Waals surface area contributed by atoms with Crippen LogP contribution in [0.1, 0.15) is 5.56 Å². The summed E-state index contributed by atoms with van der Waals surface area (Å²) in [6.07, 6.45) is 0. The van der Waals surface area contributed by atoms with Crippen LogP contribution in [0.15, 0.2) is 52.4 Å². The predicted octanol–water partition coefficient (Wildman–Crippen LogP) is 4.09. The van der Waals surface area contributed by atoms with Gasteiger partial charge in [0.2, 0.25) is 0 Å². The van der Waals surface area contributed by atoms with E-state index in [9.17, 15) is 8.78 Å². The summed E-state index contributed by atoms with van der Waals surface area (Å²) in [5, 5.41) is 10.6. The molecule has 1 heterocycles. The predicted molar refractivity (Wildman–Crippen MR) is 74.7 cm³/mol. The summed E-state index contributed by atoms with van der Waals surface area (Å²) < 4.78 is 27.7. The number of fused-ring (bicyclic) bond motifs is 1. The van der Waals surface area contributed by atoms with Gasteiger partial charge in [-0.2, -0.15) is 0 Å². The van der Waals surface area contributed by atoms with Crippen molar-refractivity contribution in [2.45, 2.75) is 16.5 Å². The van der Waals surface area contributed by atoms with Crippen molar-refractivity contribution in [2.24, 2.45) is 0 Å². The van der Waals surface area contributed by atoms with Crippen molar-refractivity contribution < 1.29 is 13.9 Å². The monoisotopic (exact) mass is 291 g/mol. The third-order valence-electron chi connectivity index (χ3n) is 2.96. The molecule has 5 heteroatoms. The Hall–Kier alpha value is -1.85. The van der Waals surface area contributed by atoms with Crippen LogP contribution in [-0.4, -0.2) is 10.1 Å². The first-order valence-electron chi connectivity index (χ1n) is 6.02. The second-order valence-electron chi connectivity index (χ2n) is 4.37. The highest BCUT2D eigenvalue weighted by Gasteiger charge is 2.13. The van der Waals surface area contributed by atoms with Gasteiger partial charge in [0.25, 0.3) is 0 Å². The van der Waals surface area contributed by atoms with Gasteiger partial charge in [-0.15, -0.1) is 0 Å². The molecule has 0 unspecified atom stereocenters. The molecule has 0 atom stereocenters. The van der Waals surface area contributed by atoms with Gasteiger partial charge < -0.3 is 10.1 Å². The van der Waals surface area contributed by atoms with Gasteiger partial charge in [0, 0.05) is 10.9 Å². The van der Waals surface area contributed by atoms with Crippen molar-refractivity contribution >= 4 is 22.7 Å². The van der Waals surface area contributed by atoms with E-state index in [1.54, 1.807) is 0 Å². The van der Waals surface area contributed by atoms with E-state index in [2.05, 4.69) is 4.98 Å². The summed E-state index contributed by atoms with van der Waals surface area (Å²) in [6, 6.07) is 11.8. The minimum absolute atomic E-state index is 0.0752. The number of nitrogens with one attached hydrogen (secondary N) is 1. The molecule has 1 aromatic heterocycles. The lowest BCUT2D eigenvalue weighted by atomic mass is 10.2. The van der Waals surface area contributed by atoms with Crippen molar-refractivity contribution in [1.82, 2.24) is 4.98 Å². The fourth-order valence-corrected chi connectivity index (χ4v) is 2.89. The highest BCUT2D eigenvalue weighted by molar-refractivity contribution is 7.99. The Morgan fingerprint density at radius 1 is 1.05 bits per heavy atom. The highest BCUT2D eigenvalue weighted by atomic mass is 32.2. The summed E-state index contributed by atoms with van der Waals surface area (Å²) in [4.78, 5) is 3.03. The maximum Gasteiger partial charge on any atom is 0.140 e. The second kappa shape index (κ2) is 5.26. The van der Waals surface area contributed by atoms with Gasteiger partial charge in [-0.25, -0.2) is 8.78 Å². The number of halogens is 2. The fraction of sp³-hybridized carbons (Fsp3) is 0.0667. The third-order valence-corrected chi connectivity index (χ3v) is 3.99. The number of hydrogen-bond acceptors (Lipinski definition) is 2. The Balaban J connectivity index is 1.98. The average molecular weight is 291 g/mol. The van der Waals surface area contributed by atoms with Gasteiger partial charge in [0.1, 0.15) is 11.6 Å². The molecule has 3 aromatic rings. The van der Waals surface area contributed by atoms with Crippen molar-refractivity contribution in [3.8, 4) is 0 Å². The molecule has 0 aliphatic rings. The van der Waals surface area contributed by atoms with Gasteiger partial charge in [0.05, 0.1) is 16.5 Å². The van der Waals surface area contributed by atoms with E-state index in [0.29, 0.717) is 5.03 Å². The first-order chi connectivity index (χ1) is 9.67. The quantitative estimate of drug-likeness (QED) is 0.762. The topological polar surface area (TPSA) is 36.0 Å². The van der Waals surface area contributed by atoms with E-state index in [-0.39, 0.29) is 17.1 Å². The van der Waals surface area contributed by atoms with Gasteiger partial charge >= 0.3 is 0 Å². The van der Waals surface area contributed by atoms with Crippen molar-refractivity contribution in [1.29, 1.82) is 0 Å². The maximum absolute atomic E-state index is 13.9. The van der Waals surface area contributed by atoms with E-state index < -0.39 is 11.6 Å². The van der Waals surface area contributed by atoms with Crippen LogP contribution in [0.25, 0.3) is 10.9 Å². The van der Waals surface area contributed by atoms with Crippen LogP contribution >= 0.6 is 11.8 Å². The average Bonchev–Trinajstić information content (AvgIpc) is 2.85. The molecule has 0 saturated heterocycles. The van der Waals surface area contributed by atoms with E-state index in [0.717, 1.165) is 34.8 Å². The third kappa shape index (κ3) is 2.42. The van der Waals surface area contributed by atoms with Crippen LogP contribution in [0.2, 0.25) is 0 Å². The number of aromatic nitrogens is 1. The molecule has 3 rings (SSSR count). The zero-order valence-corrected chi connectivity index (χ0v) is 11.2. The number of para-hydroxylation sites is 1. The molecular weight excluding hydrogens is 280 g/mol. The summed E-state index contributed by atoms with van der Waals surface area (Å²) in [5.41, 5.74) is 1.14. The molecule has 2 N–H and O–H groups in total. The number of aliphatic hydroxyl groups excluding tert-OH is 1. The number of rotatable bonds is 3. The lowest BCUT2D eigenvalue weighted by Crippen LogP contribution is -1.93. The van der Waals surface area contributed by atoms with Crippen LogP contribution in [0.5, 0.6) is 0 Å². The minimum Gasteiger partial charge on any atom is -0.392 e. The Kier molecular flexibility index (Phi) is 3.46. The molecule has 102 valence electrons. The van der Waals surface area contributed by atoms with Crippen LogP contribution < -0.4 is 0 Å². The van der Waals surface area contributed by atoms with Crippen molar-refractivity contribution in [3.05, 3.63) is 59.7 Å². The Morgan fingerprint density at radius 3 is 2.40 bits per heavy atom. The lowest BCUT2D eigenvalue weighted by Gasteiger charge is -2.05. The molecular formula is C15H11F2NOS. The van der Waals surface area contributed by atoms with Crippen molar-refractivity contribution in [2.75, 3.05) is 0 Å².